The highest BCUT2D eigenvalue weighted by atomic mass is 16.4. The van der Waals surface area contributed by atoms with Crippen molar-refractivity contribution in [2.24, 2.45) is 5.92 Å². The molecule has 7 nitrogen and oxygen atoms in total. The van der Waals surface area contributed by atoms with Crippen LogP contribution >= 0.6 is 0 Å². The van der Waals surface area contributed by atoms with Crippen LogP contribution in [0.1, 0.15) is 37.2 Å². The molecule has 3 rings (SSSR count). The van der Waals surface area contributed by atoms with Crippen LogP contribution in [0, 0.1) is 5.92 Å². The highest BCUT2D eigenvalue weighted by Crippen LogP contribution is 2.53. The summed E-state index contributed by atoms with van der Waals surface area (Å²) in [5.74, 6) is 2.03. The Kier molecular flexibility index (Phi) is 5.38. The van der Waals surface area contributed by atoms with Crippen molar-refractivity contribution in [1.82, 2.24) is 10.6 Å². The Morgan fingerprint density at radius 1 is 1.21 bits per heavy atom. The van der Waals surface area contributed by atoms with Gasteiger partial charge in [-0.3, -0.25) is 4.79 Å². The van der Waals surface area contributed by atoms with Gasteiger partial charge < -0.3 is 20.2 Å². The Morgan fingerprint density at radius 3 is 2.46 bits per heavy atom. The van der Waals surface area contributed by atoms with Crippen molar-refractivity contribution in [2.75, 3.05) is 0 Å². The van der Waals surface area contributed by atoms with Crippen molar-refractivity contribution >= 4 is 17.9 Å². The predicted molar refractivity (Wildman–Crippen MR) is 101 cm³/mol. The van der Waals surface area contributed by atoms with Crippen LogP contribution in [0.2, 0.25) is 0 Å². The van der Waals surface area contributed by atoms with Gasteiger partial charge in [-0.1, -0.05) is 44.2 Å². The number of rotatable bonds is 8. The molecule has 0 aliphatic heterocycles. The van der Waals surface area contributed by atoms with Crippen LogP contribution in [-0.4, -0.2) is 29.1 Å². The maximum absolute atomic E-state index is 12.9. The van der Waals surface area contributed by atoms with E-state index in [9.17, 15) is 14.4 Å². The first-order chi connectivity index (χ1) is 13.4. The average Bonchev–Trinajstić information content (AvgIpc) is 3.01. The minimum Gasteiger partial charge on any atom is -0.466 e. The molecule has 1 unspecified atom stereocenters. The molecule has 0 spiro atoms. The third kappa shape index (κ3) is 3.70. The van der Waals surface area contributed by atoms with E-state index in [2.05, 4.69) is 10.6 Å². The highest BCUT2D eigenvalue weighted by molar-refractivity contribution is 5.89. The van der Waals surface area contributed by atoms with E-state index in [0.29, 0.717) is 23.3 Å². The van der Waals surface area contributed by atoms with Crippen molar-refractivity contribution in [2.45, 2.75) is 38.3 Å². The Labute approximate surface area is 162 Å². The maximum Gasteiger partial charge on any atom is 0.405 e. The van der Waals surface area contributed by atoms with E-state index in [1.54, 1.807) is 6.07 Å². The summed E-state index contributed by atoms with van der Waals surface area (Å²) in [6.07, 6.45) is 0.823. The van der Waals surface area contributed by atoms with E-state index >= 15 is 0 Å². The summed E-state index contributed by atoms with van der Waals surface area (Å²) in [4.78, 5) is 35.8. The van der Waals surface area contributed by atoms with Crippen LogP contribution < -0.4 is 10.6 Å². The standard InChI is InChI=1S/C21H22N2O5/c1-13(2)10-17(22-20(26)27)19(25)23-21(16-8-9-28-18(16)21)15(12-24)11-14-6-4-3-5-7-14/h3-9,13,17,22H,10-11H2,1-2H3,(H,23,25)(H,26,27)/t17?,21-/m1/s1. The zero-order valence-corrected chi connectivity index (χ0v) is 15.7. The van der Waals surface area contributed by atoms with E-state index in [1.165, 1.54) is 6.26 Å². The molecule has 146 valence electrons. The number of carbonyl (C=O) groups excluding carboxylic acids is 2. The van der Waals surface area contributed by atoms with E-state index < -0.39 is 23.6 Å². The Hall–Kier alpha value is -3.31. The number of furan rings is 1. The molecule has 28 heavy (non-hydrogen) atoms. The lowest BCUT2D eigenvalue weighted by molar-refractivity contribution is -0.124. The molecule has 1 aromatic carbocycles. The lowest BCUT2D eigenvalue weighted by atomic mass is 9.94. The van der Waals surface area contributed by atoms with Crippen molar-refractivity contribution in [3.8, 4) is 0 Å². The minimum atomic E-state index is -1.28. The van der Waals surface area contributed by atoms with Crippen molar-refractivity contribution in [1.29, 1.82) is 0 Å². The molecule has 0 saturated heterocycles. The largest absolute Gasteiger partial charge is 0.466 e. The molecule has 7 heteroatoms. The molecule has 2 aromatic rings. The second-order valence-electron chi connectivity index (χ2n) is 7.28. The van der Waals surface area contributed by atoms with Crippen LogP contribution in [0.5, 0.6) is 0 Å². The van der Waals surface area contributed by atoms with Crippen LogP contribution in [0.3, 0.4) is 0 Å². The van der Waals surface area contributed by atoms with Gasteiger partial charge >= 0.3 is 6.09 Å². The topological polar surface area (TPSA) is 109 Å². The number of fused-ring (bicyclic) bond motifs is 1. The minimum absolute atomic E-state index is 0.0964. The maximum atomic E-state index is 12.9. The molecule has 1 aliphatic rings. The van der Waals surface area contributed by atoms with Gasteiger partial charge in [0.1, 0.15) is 17.7 Å². The van der Waals surface area contributed by atoms with E-state index in [1.807, 2.05) is 50.1 Å². The lowest BCUT2D eigenvalue weighted by Gasteiger charge is -2.24. The number of hydrogen-bond acceptors (Lipinski definition) is 4. The van der Waals surface area contributed by atoms with Gasteiger partial charge in [0.25, 0.3) is 0 Å². The van der Waals surface area contributed by atoms with Crippen molar-refractivity contribution in [3.05, 3.63) is 65.1 Å². The number of nitrogens with one attached hydrogen (secondary N) is 2. The summed E-state index contributed by atoms with van der Waals surface area (Å²) in [7, 11) is 0. The fraction of sp³-hybridized carbons (Fsp3) is 0.333. The third-order valence-electron chi connectivity index (χ3n) is 4.78. The quantitative estimate of drug-likeness (QED) is 0.608. The lowest BCUT2D eigenvalue weighted by Crippen LogP contribution is -2.51. The Balaban J connectivity index is 1.86. The molecule has 0 fully saturated rings. The molecule has 1 aromatic heterocycles. The van der Waals surface area contributed by atoms with Gasteiger partial charge in [0.05, 0.1) is 11.8 Å². The summed E-state index contributed by atoms with van der Waals surface area (Å²) >= 11 is 0. The third-order valence-corrected chi connectivity index (χ3v) is 4.78. The zero-order valence-electron chi connectivity index (χ0n) is 15.7. The summed E-state index contributed by atoms with van der Waals surface area (Å²) < 4.78 is 5.45. The van der Waals surface area contributed by atoms with Crippen LogP contribution in [0.25, 0.3) is 0 Å². The number of carbonyl (C=O) groups is 2. The van der Waals surface area contributed by atoms with Gasteiger partial charge in [0, 0.05) is 12.0 Å². The van der Waals surface area contributed by atoms with Gasteiger partial charge in [0.15, 0.2) is 5.54 Å². The zero-order chi connectivity index (χ0) is 20.3. The van der Waals surface area contributed by atoms with Gasteiger partial charge in [-0.2, -0.15) is 0 Å². The first-order valence-corrected chi connectivity index (χ1v) is 9.06. The normalized spacial score (nSPS) is 18.0. The van der Waals surface area contributed by atoms with Crippen molar-refractivity contribution in [3.63, 3.8) is 0 Å². The number of hydrogen-bond donors (Lipinski definition) is 3. The summed E-state index contributed by atoms with van der Waals surface area (Å²) in [5.41, 5.74) is 0.750. The predicted octanol–water partition coefficient (Wildman–Crippen LogP) is 2.64. The molecule has 2 amide bonds. The fourth-order valence-electron chi connectivity index (χ4n) is 3.47. The van der Waals surface area contributed by atoms with Gasteiger partial charge in [-0.25, -0.2) is 9.59 Å². The monoisotopic (exact) mass is 382 g/mol. The molecular weight excluding hydrogens is 360 g/mol. The first-order valence-electron chi connectivity index (χ1n) is 9.06. The smallest absolute Gasteiger partial charge is 0.405 e. The van der Waals surface area contributed by atoms with Gasteiger partial charge in [0.2, 0.25) is 5.91 Å². The molecule has 0 saturated carbocycles. The fourth-order valence-corrected chi connectivity index (χ4v) is 3.47. The SMILES string of the molecule is CC(C)CC(NC(=O)O)C(=O)N[C@]1(C(=C=O)Cc2ccccc2)c2ccoc21. The molecule has 3 N–H and O–H groups in total. The Morgan fingerprint density at radius 2 is 1.93 bits per heavy atom. The van der Waals surface area contributed by atoms with Crippen LogP contribution in [0.4, 0.5) is 4.79 Å². The van der Waals surface area contributed by atoms with Gasteiger partial charge in [-0.15, -0.1) is 0 Å². The van der Waals surface area contributed by atoms with Crippen LogP contribution in [-0.2, 0) is 21.5 Å². The summed E-state index contributed by atoms with van der Waals surface area (Å²) in [5, 5.41) is 14.2. The number of carboxylic acid groups (broad SMARTS) is 1. The summed E-state index contributed by atoms with van der Waals surface area (Å²) in [6, 6.07) is 10.1. The highest BCUT2D eigenvalue weighted by Gasteiger charge is 2.59. The van der Waals surface area contributed by atoms with E-state index in [0.717, 1.165) is 5.56 Å². The van der Waals surface area contributed by atoms with E-state index in [4.69, 9.17) is 9.52 Å². The molecule has 1 aliphatic carbocycles. The number of benzene rings is 1. The Bertz CT molecular complexity index is 907. The van der Waals surface area contributed by atoms with Gasteiger partial charge in [-0.05, 0) is 24.0 Å². The summed E-state index contributed by atoms with van der Waals surface area (Å²) in [6.45, 7) is 3.79. The average molecular weight is 382 g/mol. The molecular formula is C21H22N2O5. The first kappa shape index (κ1) is 19.5. The molecule has 0 radical (unpaired) electrons. The second kappa shape index (κ2) is 7.74. The number of amides is 2. The molecule has 2 atom stereocenters. The van der Waals surface area contributed by atoms with E-state index in [-0.39, 0.29) is 12.3 Å². The van der Waals surface area contributed by atoms with Crippen molar-refractivity contribution < 1.29 is 23.9 Å². The molecule has 1 heterocycles. The van der Waals surface area contributed by atoms with Crippen LogP contribution in [0.15, 0.2) is 52.7 Å². The molecule has 0 bridgehead atoms. The second-order valence-corrected chi connectivity index (χ2v) is 7.28.